The molecule has 4 aromatic rings. The maximum Gasteiger partial charge on any atom is 0.327 e. The number of anilines is 5. The molecule has 2 amide bonds. The van der Waals surface area contributed by atoms with Gasteiger partial charge >= 0.3 is 6.03 Å². The predicted octanol–water partition coefficient (Wildman–Crippen LogP) is 5.32. The predicted molar refractivity (Wildman–Crippen MR) is 149 cm³/mol. The summed E-state index contributed by atoms with van der Waals surface area (Å²) in [5.41, 5.74) is 10.5. The first-order chi connectivity index (χ1) is 18.4. The molecule has 0 bridgehead atoms. The summed E-state index contributed by atoms with van der Waals surface area (Å²) < 4.78 is 11.1. The van der Waals surface area contributed by atoms with Crippen LogP contribution in [-0.4, -0.2) is 35.2 Å². The number of pyridine rings is 1. The third-order valence-corrected chi connectivity index (χ3v) is 6.09. The maximum absolute atomic E-state index is 13.9. The Morgan fingerprint density at radius 2 is 1.84 bits per heavy atom. The van der Waals surface area contributed by atoms with E-state index in [1.807, 2.05) is 50.2 Å². The number of aromatic nitrogens is 3. The van der Waals surface area contributed by atoms with Crippen LogP contribution in [0.25, 0.3) is 0 Å². The second-order valence-corrected chi connectivity index (χ2v) is 8.46. The summed E-state index contributed by atoms with van der Waals surface area (Å²) in [6, 6.07) is 14.2. The van der Waals surface area contributed by atoms with Gasteiger partial charge in [-0.1, -0.05) is 25.1 Å². The van der Waals surface area contributed by atoms with Crippen LogP contribution in [-0.2, 0) is 13.0 Å². The average Bonchev–Trinajstić information content (AvgIpc) is 2.94. The van der Waals surface area contributed by atoms with E-state index >= 15 is 0 Å². The van der Waals surface area contributed by atoms with Crippen molar-refractivity contribution < 1.29 is 14.3 Å². The Hall–Kier alpha value is -4.86. The fourth-order valence-electron chi connectivity index (χ4n) is 4.12. The number of amides is 2. The number of nitrogens with two attached hydrogens (primary N) is 1. The van der Waals surface area contributed by atoms with E-state index in [1.54, 1.807) is 38.7 Å². The van der Waals surface area contributed by atoms with E-state index in [0.717, 1.165) is 16.7 Å². The summed E-state index contributed by atoms with van der Waals surface area (Å²) in [4.78, 5) is 28.3. The molecule has 0 saturated heterocycles. The van der Waals surface area contributed by atoms with Gasteiger partial charge in [0.15, 0.2) is 0 Å². The molecule has 196 valence electrons. The van der Waals surface area contributed by atoms with Crippen LogP contribution in [0.3, 0.4) is 0 Å². The van der Waals surface area contributed by atoms with Gasteiger partial charge < -0.3 is 25.8 Å². The molecule has 10 heteroatoms. The number of nitrogens with one attached hydrogen (secondary N) is 2. The van der Waals surface area contributed by atoms with Crippen molar-refractivity contribution in [1.82, 2.24) is 15.0 Å². The van der Waals surface area contributed by atoms with E-state index in [0.29, 0.717) is 46.6 Å². The number of urea groups is 1. The van der Waals surface area contributed by atoms with Gasteiger partial charge in [-0.3, -0.25) is 9.88 Å². The summed E-state index contributed by atoms with van der Waals surface area (Å²) in [7, 11) is 3.18. The topological polar surface area (TPSA) is 128 Å². The number of benzene rings is 2. The van der Waals surface area contributed by atoms with Gasteiger partial charge in [0.2, 0.25) is 0 Å². The molecule has 4 rings (SSSR count). The Morgan fingerprint density at radius 3 is 2.53 bits per heavy atom. The summed E-state index contributed by atoms with van der Waals surface area (Å²) in [5.74, 6) is 2.13. The molecule has 2 aromatic carbocycles. The molecular formula is C28H31N7O3. The molecule has 0 aliphatic carbocycles. The third kappa shape index (κ3) is 5.75. The minimum atomic E-state index is -0.383. The van der Waals surface area contributed by atoms with E-state index in [1.165, 1.54) is 11.2 Å². The van der Waals surface area contributed by atoms with Crippen molar-refractivity contribution in [3.8, 4) is 11.5 Å². The van der Waals surface area contributed by atoms with Gasteiger partial charge in [-0.25, -0.2) is 14.8 Å². The second-order valence-electron chi connectivity index (χ2n) is 8.46. The molecule has 4 N–H and O–H groups in total. The van der Waals surface area contributed by atoms with Gasteiger partial charge in [-0.2, -0.15) is 0 Å². The largest absolute Gasteiger partial charge is 0.496 e. The highest BCUT2D eigenvalue weighted by atomic mass is 16.5. The molecular weight excluding hydrogens is 482 g/mol. The monoisotopic (exact) mass is 513 g/mol. The summed E-state index contributed by atoms with van der Waals surface area (Å²) in [6.07, 6.45) is 5.44. The molecule has 0 saturated carbocycles. The van der Waals surface area contributed by atoms with Crippen molar-refractivity contribution in [3.63, 3.8) is 0 Å². The molecule has 0 aliphatic heterocycles. The normalized spacial score (nSPS) is 10.5. The summed E-state index contributed by atoms with van der Waals surface area (Å²) >= 11 is 0. The third-order valence-electron chi connectivity index (χ3n) is 6.09. The first-order valence-corrected chi connectivity index (χ1v) is 12.1. The number of rotatable bonds is 9. The van der Waals surface area contributed by atoms with Crippen molar-refractivity contribution in [2.75, 3.05) is 35.5 Å². The number of methoxy groups -OCH3 is 2. The van der Waals surface area contributed by atoms with Crippen LogP contribution in [0, 0.1) is 6.92 Å². The van der Waals surface area contributed by atoms with E-state index in [2.05, 4.69) is 25.6 Å². The van der Waals surface area contributed by atoms with Gasteiger partial charge in [-0.15, -0.1) is 0 Å². The van der Waals surface area contributed by atoms with E-state index in [-0.39, 0.29) is 12.6 Å². The number of carbonyl (C=O) groups excluding carboxylic acids is 1. The van der Waals surface area contributed by atoms with Crippen LogP contribution in [0.2, 0.25) is 0 Å². The molecule has 0 aliphatic rings. The van der Waals surface area contributed by atoms with E-state index < -0.39 is 0 Å². The van der Waals surface area contributed by atoms with Crippen LogP contribution in [0.5, 0.6) is 11.5 Å². The van der Waals surface area contributed by atoms with Crippen molar-refractivity contribution in [2.24, 2.45) is 0 Å². The SMILES string of the molecule is CCc1c(OC)cc(OC)c(C)c1NC(=O)N(Cc1cccnc1)c1cc(Nc2ccccc2N)ncn1. The zero-order valence-electron chi connectivity index (χ0n) is 21.9. The highest BCUT2D eigenvalue weighted by Gasteiger charge is 2.23. The number of hydrogen-bond acceptors (Lipinski definition) is 8. The molecule has 0 radical (unpaired) electrons. The fraction of sp³-hybridized carbons (Fsp3) is 0.214. The first kappa shape index (κ1) is 26.2. The highest BCUT2D eigenvalue weighted by molar-refractivity contribution is 6.02. The Morgan fingerprint density at radius 1 is 1.05 bits per heavy atom. The lowest BCUT2D eigenvalue weighted by molar-refractivity contribution is 0.256. The smallest absolute Gasteiger partial charge is 0.327 e. The number of nitrogens with zero attached hydrogens (tertiary/aromatic N) is 4. The van der Waals surface area contributed by atoms with Gasteiger partial charge in [0.05, 0.1) is 37.8 Å². The second kappa shape index (κ2) is 11.9. The van der Waals surface area contributed by atoms with Crippen LogP contribution in [0.15, 0.2) is 67.3 Å². The van der Waals surface area contributed by atoms with Crippen molar-refractivity contribution in [1.29, 1.82) is 0 Å². The Labute approximate surface area is 221 Å². The quantitative estimate of drug-likeness (QED) is 0.257. The lowest BCUT2D eigenvalue weighted by Crippen LogP contribution is -2.35. The number of nitrogen functional groups attached to an aromatic ring is 1. The lowest BCUT2D eigenvalue weighted by Gasteiger charge is -2.25. The molecule has 0 fully saturated rings. The van der Waals surface area contributed by atoms with Crippen LogP contribution < -0.4 is 30.7 Å². The summed E-state index contributed by atoms with van der Waals surface area (Å²) in [5, 5.41) is 6.28. The molecule has 2 aromatic heterocycles. The van der Waals surface area contributed by atoms with E-state index in [4.69, 9.17) is 15.2 Å². The van der Waals surface area contributed by atoms with Gasteiger partial charge in [0, 0.05) is 35.7 Å². The molecule has 0 unspecified atom stereocenters. The number of hydrogen-bond donors (Lipinski definition) is 3. The Kier molecular flexibility index (Phi) is 8.22. The van der Waals surface area contributed by atoms with Crippen LogP contribution in [0.1, 0.15) is 23.6 Å². The zero-order valence-corrected chi connectivity index (χ0v) is 21.9. The molecule has 10 nitrogen and oxygen atoms in total. The zero-order chi connectivity index (χ0) is 27.1. The number of para-hydroxylation sites is 2. The summed E-state index contributed by atoms with van der Waals surface area (Å²) in [6.45, 7) is 4.13. The number of carbonyl (C=O) groups is 1. The van der Waals surface area contributed by atoms with E-state index in [9.17, 15) is 4.79 Å². The number of ether oxygens (including phenoxy) is 2. The highest BCUT2D eigenvalue weighted by Crippen LogP contribution is 2.38. The van der Waals surface area contributed by atoms with Crippen molar-refractivity contribution >= 4 is 34.7 Å². The maximum atomic E-state index is 13.9. The minimum absolute atomic E-state index is 0.227. The standard InChI is InChI=1S/C28H31N7O3/c1-5-20-24(38-4)13-23(37-3)18(2)27(20)34-28(36)35(16-19-9-8-12-30-15-19)26-14-25(31-17-32-26)33-22-11-7-6-10-21(22)29/h6-15,17H,5,16,29H2,1-4H3,(H,34,36)(H,31,32,33). The van der Waals surface area contributed by atoms with Gasteiger partial charge in [-0.05, 0) is 37.1 Å². The average molecular weight is 514 g/mol. The molecule has 2 heterocycles. The Balaban J connectivity index is 1.72. The van der Waals surface area contributed by atoms with Crippen molar-refractivity contribution in [2.45, 2.75) is 26.8 Å². The van der Waals surface area contributed by atoms with Gasteiger partial charge in [0.1, 0.15) is 29.5 Å². The van der Waals surface area contributed by atoms with Crippen LogP contribution in [0.4, 0.5) is 33.5 Å². The lowest BCUT2D eigenvalue weighted by atomic mass is 10.0. The van der Waals surface area contributed by atoms with Gasteiger partial charge in [0.25, 0.3) is 0 Å². The van der Waals surface area contributed by atoms with Crippen LogP contribution >= 0.6 is 0 Å². The fourth-order valence-corrected chi connectivity index (χ4v) is 4.12. The molecule has 38 heavy (non-hydrogen) atoms. The first-order valence-electron chi connectivity index (χ1n) is 12.1. The van der Waals surface area contributed by atoms with Crippen molar-refractivity contribution in [3.05, 3.63) is 83.9 Å². The molecule has 0 spiro atoms. The minimum Gasteiger partial charge on any atom is -0.496 e. The molecule has 0 atom stereocenters. The Bertz CT molecular complexity index is 1410.